The third-order valence-corrected chi connectivity index (χ3v) is 2.69. The highest BCUT2D eigenvalue weighted by Gasteiger charge is 2.03. The molecule has 1 amide bonds. The van der Waals surface area contributed by atoms with E-state index in [9.17, 15) is 9.18 Å². The average molecular weight is 303 g/mol. The second-order valence-corrected chi connectivity index (χ2v) is 4.95. The largest absolute Gasteiger partial charge is 0.491 e. The number of alkyl halides is 1. The van der Waals surface area contributed by atoms with Gasteiger partial charge in [0.1, 0.15) is 17.2 Å². The molecule has 0 heterocycles. The minimum Gasteiger partial charge on any atom is -0.491 e. The van der Waals surface area contributed by atoms with Gasteiger partial charge in [-0.15, -0.1) is 0 Å². The lowest BCUT2D eigenvalue weighted by Crippen LogP contribution is -2.12. The molecule has 2 aromatic rings. The van der Waals surface area contributed by atoms with Crippen molar-refractivity contribution in [2.45, 2.75) is 20.0 Å². The third kappa shape index (κ3) is 4.77. The van der Waals surface area contributed by atoms with Gasteiger partial charge in [0.15, 0.2) is 6.67 Å². The number of ether oxygens (including phenoxy) is 2. The number of anilines is 1. The Morgan fingerprint density at radius 2 is 1.50 bits per heavy atom. The SMILES string of the molecule is CC(C)Oc1ccc(Oc2ccc(NC(=O)CF)cc2)cc1. The number of amides is 1. The molecule has 22 heavy (non-hydrogen) atoms. The second kappa shape index (κ2) is 7.45. The summed E-state index contributed by atoms with van der Waals surface area (Å²) in [6.45, 7) is 2.89. The lowest BCUT2D eigenvalue weighted by molar-refractivity contribution is -0.117. The van der Waals surface area contributed by atoms with E-state index in [0.717, 1.165) is 5.75 Å². The normalized spacial score (nSPS) is 10.4. The Kier molecular flexibility index (Phi) is 5.36. The van der Waals surface area contributed by atoms with Crippen LogP contribution < -0.4 is 14.8 Å². The zero-order valence-corrected chi connectivity index (χ0v) is 12.5. The fourth-order valence-electron chi connectivity index (χ4n) is 1.80. The molecule has 0 radical (unpaired) electrons. The molecule has 2 rings (SSSR count). The van der Waals surface area contributed by atoms with Gasteiger partial charge >= 0.3 is 0 Å². The number of hydrogen-bond acceptors (Lipinski definition) is 3. The number of rotatable bonds is 6. The molecule has 116 valence electrons. The molecule has 2 aromatic carbocycles. The Labute approximate surface area is 128 Å². The molecule has 0 saturated carbocycles. The molecule has 0 saturated heterocycles. The minimum absolute atomic E-state index is 0.124. The number of carbonyl (C=O) groups is 1. The van der Waals surface area contributed by atoms with Crippen LogP contribution in [0.4, 0.5) is 10.1 Å². The van der Waals surface area contributed by atoms with Crippen LogP contribution in [0.3, 0.4) is 0 Å². The van der Waals surface area contributed by atoms with Crippen LogP contribution in [0.25, 0.3) is 0 Å². The van der Waals surface area contributed by atoms with Crippen molar-refractivity contribution in [3.8, 4) is 17.2 Å². The Morgan fingerprint density at radius 3 is 2.00 bits per heavy atom. The van der Waals surface area contributed by atoms with Crippen LogP contribution in [0, 0.1) is 0 Å². The molecule has 4 nitrogen and oxygen atoms in total. The van der Waals surface area contributed by atoms with Crippen molar-refractivity contribution >= 4 is 11.6 Å². The summed E-state index contributed by atoms with van der Waals surface area (Å²) in [5.41, 5.74) is 0.524. The summed E-state index contributed by atoms with van der Waals surface area (Å²) in [7, 11) is 0. The molecule has 0 bridgehead atoms. The maximum absolute atomic E-state index is 12.1. The van der Waals surface area contributed by atoms with E-state index in [1.54, 1.807) is 24.3 Å². The van der Waals surface area contributed by atoms with Gasteiger partial charge in [-0.25, -0.2) is 4.39 Å². The van der Waals surface area contributed by atoms with E-state index in [0.29, 0.717) is 17.2 Å². The topological polar surface area (TPSA) is 47.6 Å². The predicted molar refractivity (Wildman–Crippen MR) is 83.3 cm³/mol. The van der Waals surface area contributed by atoms with Crippen LogP contribution in [-0.2, 0) is 4.79 Å². The maximum Gasteiger partial charge on any atom is 0.255 e. The van der Waals surface area contributed by atoms with Crippen molar-refractivity contribution in [3.05, 3.63) is 48.5 Å². The molecule has 0 fully saturated rings. The van der Waals surface area contributed by atoms with Crippen molar-refractivity contribution < 1.29 is 18.7 Å². The zero-order valence-electron chi connectivity index (χ0n) is 12.5. The average Bonchev–Trinajstić information content (AvgIpc) is 2.50. The quantitative estimate of drug-likeness (QED) is 0.871. The standard InChI is InChI=1S/C17H18FNO3/c1-12(2)21-14-7-9-16(10-8-14)22-15-5-3-13(4-6-15)19-17(20)11-18/h3-10,12H,11H2,1-2H3,(H,19,20). The molecule has 1 N–H and O–H groups in total. The molecular formula is C17H18FNO3. The first-order valence-electron chi connectivity index (χ1n) is 6.97. The monoisotopic (exact) mass is 303 g/mol. The first-order chi connectivity index (χ1) is 10.6. The highest BCUT2D eigenvalue weighted by Crippen LogP contribution is 2.25. The van der Waals surface area contributed by atoms with E-state index in [1.165, 1.54) is 0 Å². The van der Waals surface area contributed by atoms with Crippen molar-refractivity contribution in [2.24, 2.45) is 0 Å². The first kappa shape index (κ1) is 15.8. The summed E-state index contributed by atoms with van der Waals surface area (Å²) in [6.07, 6.45) is 0.124. The van der Waals surface area contributed by atoms with Crippen molar-refractivity contribution in [1.29, 1.82) is 0 Å². The minimum atomic E-state index is -1.04. The predicted octanol–water partition coefficient (Wildman–Crippen LogP) is 4.17. The van der Waals surface area contributed by atoms with Crippen LogP contribution in [-0.4, -0.2) is 18.7 Å². The number of hydrogen-bond donors (Lipinski definition) is 1. The lowest BCUT2D eigenvalue weighted by Gasteiger charge is -2.11. The Morgan fingerprint density at radius 1 is 1.00 bits per heavy atom. The molecule has 0 aliphatic carbocycles. The van der Waals surface area contributed by atoms with Crippen LogP contribution in [0.2, 0.25) is 0 Å². The highest BCUT2D eigenvalue weighted by atomic mass is 19.1. The molecule has 0 unspecified atom stereocenters. The second-order valence-electron chi connectivity index (χ2n) is 4.95. The van der Waals surface area contributed by atoms with E-state index in [2.05, 4.69) is 5.32 Å². The smallest absolute Gasteiger partial charge is 0.255 e. The lowest BCUT2D eigenvalue weighted by atomic mass is 10.3. The van der Waals surface area contributed by atoms with Gasteiger partial charge in [-0.2, -0.15) is 0 Å². The number of nitrogens with one attached hydrogen (secondary N) is 1. The Bertz CT molecular complexity index is 609. The fourth-order valence-corrected chi connectivity index (χ4v) is 1.80. The third-order valence-electron chi connectivity index (χ3n) is 2.69. The van der Waals surface area contributed by atoms with Crippen molar-refractivity contribution in [1.82, 2.24) is 0 Å². The van der Waals surface area contributed by atoms with Gasteiger partial charge in [-0.05, 0) is 62.4 Å². The Hall–Kier alpha value is -2.56. The van der Waals surface area contributed by atoms with Gasteiger partial charge < -0.3 is 14.8 Å². The van der Waals surface area contributed by atoms with Gasteiger partial charge in [0.25, 0.3) is 5.91 Å². The summed E-state index contributed by atoms with van der Waals surface area (Å²) in [6, 6.07) is 14.0. The highest BCUT2D eigenvalue weighted by molar-refractivity contribution is 5.91. The van der Waals surface area contributed by atoms with Crippen LogP contribution >= 0.6 is 0 Å². The Balaban J connectivity index is 1.97. The summed E-state index contributed by atoms with van der Waals surface area (Å²) >= 11 is 0. The summed E-state index contributed by atoms with van der Waals surface area (Å²) in [4.78, 5) is 10.9. The molecule has 5 heteroatoms. The molecule has 0 atom stereocenters. The van der Waals surface area contributed by atoms with Gasteiger partial charge in [0.05, 0.1) is 6.10 Å². The number of carbonyl (C=O) groups excluding carboxylic acids is 1. The summed E-state index contributed by atoms with van der Waals surface area (Å²) in [5.74, 6) is 1.41. The van der Waals surface area contributed by atoms with E-state index in [4.69, 9.17) is 9.47 Å². The van der Waals surface area contributed by atoms with E-state index >= 15 is 0 Å². The van der Waals surface area contributed by atoms with Gasteiger partial charge in [-0.3, -0.25) is 4.79 Å². The first-order valence-corrected chi connectivity index (χ1v) is 6.97. The van der Waals surface area contributed by atoms with Crippen LogP contribution in [0.15, 0.2) is 48.5 Å². The summed E-state index contributed by atoms with van der Waals surface area (Å²) in [5, 5.41) is 2.42. The number of halogens is 1. The zero-order chi connectivity index (χ0) is 15.9. The fraction of sp³-hybridized carbons (Fsp3) is 0.235. The number of benzene rings is 2. The van der Waals surface area contributed by atoms with E-state index in [-0.39, 0.29) is 6.10 Å². The molecule has 0 spiro atoms. The van der Waals surface area contributed by atoms with Gasteiger partial charge in [0.2, 0.25) is 0 Å². The van der Waals surface area contributed by atoms with Crippen LogP contribution in [0.5, 0.6) is 17.2 Å². The van der Waals surface area contributed by atoms with Crippen LogP contribution in [0.1, 0.15) is 13.8 Å². The maximum atomic E-state index is 12.1. The summed E-state index contributed by atoms with van der Waals surface area (Å²) < 4.78 is 23.3. The van der Waals surface area contributed by atoms with E-state index in [1.807, 2.05) is 38.1 Å². The molecule has 0 aromatic heterocycles. The van der Waals surface area contributed by atoms with Gasteiger partial charge in [0, 0.05) is 5.69 Å². The van der Waals surface area contributed by atoms with Crippen molar-refractivity contribution in [2.75, 3.05) is 12.0 Å². The van der Waals surface area contributed by atoms with E-state index < -0.39 is 12.6 Å². The molecule has 0 aliphatic heterocycles. The van der Waals surface area contributed by atoms with Gasteiger partial charge in [-0.1, -0.05) is 0 Å². The van der Waals surface area contributed by atoms with Crippen molar-refractivity contribution in [3.63, 3.8) is 0 Å². The molecular weight excluding hydrogens is 285 g/mol. The molecule has 0 aliphatic rings.